The fraction of sp³-hybridized carbons (Fsp3) is 0.438. The summed E-state index contributed by atoms with van der Waals surface area (Å²) >= 11 is 0. The maximum Gasteiger partial charge on any atom is 0.411 e. The number of amides is 3. The molecule has 0 heterocycles. The molecule has 1 saturated carbocycles. The lowest BCUT2D eigenvalue weighted by Crippen LogP contribution is -2.43. The third kappa shape index (κ3) is 4.21. The number of anilines is 1. The molecule has 2 rings (SSSR count). The van der Waals surface area contributed by atoms with Crippen molar-refractivity contribution in [2.24, 2.45) is 5.92 Å². The summed E-state index contributed by atoms with van der Waals surface area (Å²) in [6, 6.07) is 6.39. The Bertz CT molecular complexity index is 603. The lowest BCUT2D eigenvalue weighted by molar-refractivity contribution is -0.124. The van der Waals surface area contributed by atoms with Gasteiger partial charge in [0.2, 0.25) is 5.91 Å². The van der Waals surface area contributed by atoms with Crippen molar-refractivity contribution in [2.45, 2.75) is 25.3 Å². The van der Waals surface area contributed by atoms with Crippen molar-refractivity contribution in [3.8, 4) is 0 Å². The van der Waals surface area contributed by atoms with Gasteiger partial charge in [-0.2, -0.15) is 0 Å². The van der Waals surface area contributed by atoms with E-state index >= 15 is 0 Å². The molecule has 0 aromatic heterocycles. The van der Waals surface area contributed by atoms with Gasteiger partial charge in [0.1, 0.15) is 0 Å². The average molecular weight is 319 g/mol. The van der Waals surface area contributed by atoms with Crippen LogP contribution < -0.4 is 16.0 Å². The Morgan fingerprint density at radius 1 is 1.22 bits per heavy atom. The van der Waals surface area contributed by atoms with E-state index in [4.69, 9.17) is 0 Å². The number of carbonyl (C=O) groups is 3. The van der Waals surface area contributed by atoms with E-state index in [9.17, 15) is 14.4 Å². The van der Waals surface area contributed by atoms with Crippen LogP contribution in [0.4, 0.5) is 10.5 Å². The highest BCUT2D eigenvalue weighted by Crippen LogP contribution is 2.26. The summed E-state index contributed by atoms with van der Waals surface area (Å²) in [7, 11) is 2.87. The molecule has 7 heteroatoms. The van der Waals surface area contributed by atoms with Gasteiger partial charge >= 0.3 is 6.09 Å². The highest BCUT2D eigenvalue weighted by Gasteiger charge is 2.33. The number of hydrogen-bond acceptors (Lipinski definition) is 4. The second-order valence-electron chi connectivity index (χ2n) is 5.43. The number of benzene rings is 1. The second-order valence-corrected chi connectivity index (χ2v) is 5.43. The van der Waals surface area contributed by atoms with Crippen LogP contribution in [0.5, 0.6) is 0 Å². The van der Waals surface area contributed by atoms with Gasteiger partial charge in [0.15, 0.2) is 0 Å². The summed E-state index contributed by atoms with van der Waals surface area (Å²) in [5.41, 5.74) is 0.889. The van der Waals surface area contributed by atoms with Gasteiger partial charge in [-0.15, -0.1) is 0 Å². The first kappa shape index (κ1) is 16.8. The van der Waals surface area contributed by atoms with Gasteiger partial charge in [-0.05, 0) is 31.0 Å². The third-order valence-corrected chi connectivity index (χ3v) is 3.97. The van der Waals surface area contributed by atoms with E-state index in [0.717, 1.165) is 19.3 Å². The largest absolute Gasteiger partial charge is 0.453 e. The number of ether oxygens (including phenoxy) is 1. The standard InChI is InChI=1S/C16H21N3O4/c1-17-15(21)12-7-4-8-13(12)19-14(20)10-5-3-6-11(9-10)18-16(22)23-2/h3,5-6,9,12-13H,4,7-8H2,1-2H3,(H,17,21)(H,18,22)(H,19,20)/t12-,13+/m0/s1. The molecule has 1 aliphatic rings. The van der Waals surface area contributed by atoms with Gasteiger partial charge < -0.3 is 15.4 Å². The van der Waals surface area contributed by atoms with Gasteiger partial charge in [-0.25, -0.2) is 4.79 Å². The topological polar surface area (TPSA) is 96.5 Å². The van der Waals surface area contributed by atoms with Crippen LogP contribution in [0.2, 0.25) is 0 Å². The molecule has 0 bridgehead atoms. The molecular formula is C16H21N3O4. The van der Waals surface area contributed by atoms with E-state index in [1.165, 1.54) is 7.11 Å². The van der Waals surface area contributed by atoms with Crippen LogP contribution in [0.3, 0.4) is 0 Å². The molecule has 1 aromatic carbocycles. The Hall–Kier alpha value is -2.57. The monoisotopic (exact) mass is 319 g/mol. The first-order chi connectivity index (χ1) is 11.0. The normalized spacial score (nSPS) is 19.7. The van der Waals surface area contributed by atoms with Crippen molar-refractivity contribution in [2.75, 3.05) is 19.5 Å². The van der Waals surface area contributed by atoms with Crippen LogP contribution in [-0.2, 0) is 9.53 Å². The Morgan fingerprint density at radius 2 is 2.00 bits per heavy atom. The van der Waals surface area contributed by atoms with Crippen molar-refractivity contribution < 1.29 is 19.1 Å². The maximum absolute atomic E-state index is 12.4. The highest BCUT2D eigenvalue weighted by molar-refractivity contribution is 5.96. The van der Waals surface area contributed by atoms with Crippen LogP contribution in [0.1, 0.15) is 29.6 Å². The van der Waals surface area contributed by atoms with Gasteiger partial charge in [-0.3, -0.25) is 14.9 Å². The Balaban J connectivity index is 2.04. The first-order valence-electron chi connectivity index (χ1n) is 7.52. The maximum atomic E-state index is 12.4. The predicted octanol–water partition coefficient (Wildman–Crippen LogP) is 1.51. The SMILES string of the molecule is CNC(=O)[C@H]1CCC[C@H]1NC(=O)c1cccc(NC(=O)OC)c1. The number of hydrogen-bond donors (Lipinski definition) is 3. The van der Waals surface area contributed by atoms with Crippen LogP contribution in [0.25, 0.3) is 0 Å². The van der Waals surface area contributed by atoms with E-state index in [1.807, 2.05) is 0 Å². The molecule has 0 radical (unpaired) electrons. The first-order valence-corrected chi connectivity index (χ1v) is 7.52. The average Bonchev–Trinajstić information content (AvgIpc) is 3.02. The van der Waals surface area contributed by atoms with E-state index < -0.39 is 6.09 Å². The summed E-state index contributed by atoms with van der Waals surface area (Å²) < 4.78 is 4.52. The summed E-state index contributed by atoms with van der Waals surface area (Å²) in [5.74, 6) is -0.506. The molecule has 1 fully saturated rings. The minimum atomic E-state index is -0.599. The number of carbonyl (C=O) groups excluding carboxylic acids is 3. The van der Waals surface area contributed by atoms with Crippen molar-refractivity contribution in [1.82, 2.24) is 10.6 Å². The highest BCUT2D eigenvalue weighted by atomic mass is 16.5. The zero-order valence-corrected chi connectivity index (χ0v) is 13.2. The molecule has 0 spiro atoms. The Kier molecular flexibility index (Phi) is 5.56. The van der Waals surface area contributed by atoms with E-state index in [-0.39, 0.29) is 23.8 Å². The van der Waals surface area contributed by atoms with E-state index in [0.29, 0.717) is 11.3 Å². The second kappa shape index (κ2) is 7.62. The third-order valence-electron chi connectivity index (χ3n) is 3.97. The van der Waals surface area contributed by atoms with Gasteiger partial charge in [0.05, 0.1) is 13.0 Å². The molecule has 1 aromatic rings. The molecular weight excluding hydrogens is 298 g/mol. The quantitative estimate of drug-likeness (QED) is 0.783. The zero-order chi connectivity index (χ0) is 16.8. The molecule has 1 aliphatic carbocycles. The Labute approximate surface area is 134 Å². The number of rotatable bonds is 4. The minimum absolute atomic E-state index is 0.0473. The molecule has 0 unspecified atom stereocenters. The fourth-order valence-electron chi connectivity index (χ4n) is 2.79. The summed E-state index contributed by atoms with van der Waals surface area (Å²) in [5, 5.41) is 8.06. The van der Waals surface area contributed by atoms with Crippen molar-refractivity contribution in [3.05, 3.63) is 29.8 Å². The molecule has 23 heavy (non-hydrogen) atoms. The molecule has 7 nitrogen and oxygen atoms in total. The zero-order valence-electron chi connectivity index (χ0n) is 13.2. The summed E-state index contributed by atoms with van der Waals surface area (Å²) in [4.78, 5) is 35.4. The lowest BCUT2D eigenvalue weighted by Gasteiger charge is -2.19. The molecule has 0 aliphatic heterocycles. The minimum Gasteiger partial charge on any atom is -0.453 e. The van der Waals surface area contributed by atoms with Gasteiger partial charge in [0.25, 0.3) is 5.91 Å². The van der Waals surface area contributed by atoms with E-state index in [1.54, 1.807) is 31.3 Å². The molecule has 3 N–H and O–H groups in total. The summed E-state index contributed by atoms with van der Waals surface area (Å²) in [6.07, 6.45) is 1.86. The predicted molar refractivity (Wildman–Crippen MR) is 85.1 cm³/mol. The molecule has 2 atom stereocenters. The number of nitrogens with one attached hydrogen (secondary N) is 3. The molecule has 0 saturated heterocycles. The van der Waals surface area contributed by atoms with Crippen LogP contribution in [0, 0.1) is 5.92 Å². The fourth-order valence-corrected chi connectivity index (χ4v) is 2.79. The van der Waals surface area contributed by atoms with E-state index in [2.05, 4.69) is 20.7 Å². The van der Waals surface area contributed by atoms with Gasteiger partial charge in [0, 0.05) is 24.3 Å². The lowest BCUT2D eigenvalue weighted by atomic mass is 10.0. The number of methoxy groups -OCH3 is 1. The van der Waals surface area contributed by atoms with Crippen LogP contribution >= 0.6 is 0 Å². The smallest absolute Gasteiger partial charge is 0.411 e. The Morgan fingerprint density at radius 3 is 2.70 bits per heavy atom. The van der Waals surface area contributed by atoms with Crippen LogP contribution in [-0.4, -0.2) is 38.1 Å². The molecule has 3 amide bonds. The summed E-state index contributed by atoms with van der Waals surface area (Å²) in [6.45, 7) is 0. The van der Waals surface area contributed by atoms with Crippen molar-refractivity contribution in [3.63, 3.8) is 0 Å². The van der Waals surface area contributed by atoms with Crippen LogP contribution in [0.15, 0.2) is 24.3 Å². The molecule has 124 valence electrons. The van der Waals surface area contributed by atoms with Crippen molar-refractivity contribution >= 4 is 23.6 Å². The van der Waals surface area contributed by atoms with Gasteiger partial charge in [-0.1, -0.05) is 12.5 Å². The van der Waals surface area contributed by atoms with Crippen molar-refractivity contribution in [1.29, 1.82) is 0 Å².